The number of nitrogens with one attached hydrogen (secondary N) is 1. The molecule has 1 N–H and O–H groups in total. The van der Waals surface area contributed by atoms with E-state index < -0.39 is 0 Å². The lowest BCUT2D eigenvalue weighted by molar-refractivity contribution is 0.0664. The summed E-state index contributed by atoms with van der Waals surface area (Å²) in [5, 5.41) is 3.30. The van der Waals surface area contributed by atoms with Crippen LogP contribution in [0.15, 0.2) is 54.6 Å². The van der Waals surface area contributed by atoms with Crippen LogP contribution in [0.1, 0.15) is 48.2 Å². The number of rotatable bonds is 6. The summed E-state index contributed by atoms with van der Waals surface area (Å²) >= 11 is 0. The van der Waals surface area contributed by atoms with Crippen molar-refractivity contribution in [3.8, 4) is 17.0 Å². The van der Waals surface area contributed by atoms with Crippen LogP contribution in [0, 0.1) is 6.92 Å². The first-order valence-electron chi connectivity index (χ1n) is 13.0. The van der Waals surface area contributed by atoms with Gasteiger partial charge in [-0.05, 0) is 88.2 Å². The number of benzene rings is 2. The molecule has 0 spiro atoms. The molecule has 2 aromatic carbocycles. The van der Waals surface area contributed by atoms with Gasteiger partial charge in [0.2, 0.25) is 5.95 Å². The Hall–Kier alpha value is -3.45. The highest BCUT2D eigenvalue weighted by Crippen LogP contribution is 2.27. The second kappa shape index (κ2) is 11.1. The fourth-order valence-corrected chi connectivity index (χ4v) is 4.90. The van der Waals surface area contributed by atoms with Crippen molar-refractivity contribution in [3.05, 3.63) is 65.9 Å². The quantitative estimate of drug-likeness (QED) is 0.511. The monoisotopic (exact) mass is 485 g/mol. The van der Waals surface area contributed by atoms with Crippen molar-refractivity contribution in [1.82, 2.24) is 19.8 Å². The van der Waals surface area contributed by atoms with Gasteiger partial charge in [0, 0.05) is 48.7 Å². The molecular formula is C29H35N5O2. The maximum absolute atomic E-state index is 13.0. The molecule has 36 heavy (non-hydrogen) atoms. The molecule has 2 heterocycles. The minimum atomic E-state index is 0.0631. The van der Waals surface area contributed by atoms with Crippen LogP contribution in [0.4, 0.5) is 11.6 Å². The lowest BCUT2D eigenvalue weighted by atomic mass is 9.98. The van der Waals surface area contributed by atoms with Gasteiger partial charge in [-0.25, -0.2) is 9.97 Å². The second-order valence-electron chi connectivity index (χ2n) is 9.92. The van der Waals surface area contributed by atoms with E-state index in [-0.39, 0.29) is 5.91 Å². The van der Waals surface area contributed by atoms with Crippen LogP contribution in [0.5, 0.6) is 5.75 Å². The predicted octanol–water partition coefficient (Wildman–Crippen LogP) is 5.29. The van der Waals surface area contributed by atoms with Gasteiger partial charge in [-0.2, -0.15) is 0 Å². The summed E-state index contributed by atoms with van der Waals surface area (Å²) in [7, 11) is 2.09. The van der Waals surface area contributed by atoms with Crippen molar-refractivity contribution >= 4 is 17.5 Å². The number of amides is 1. The summed E-state index contributed by atoms with van der Waals surface area (Å²) in [4.78, 5) is 26.5. The van der Waals surface area contributed by atoms with Gasteiger partial charge >= 0.3 is 0 Å². The Labute approximate surface area is 213 Å². The number of carbonyl (C=O) groups is 1. The minimum Gasteiger partial charge on any atom is -0.490 e. The third kappa shape index (κ3) is 6.02. The first-order valence-corrected chi connectivity index (χ1v) is 13.0. The maximum Gasteiger partial charge on any atom is 0.254 e. The number of aromatic nitrogens is 2. The van der Waals surface area contributed by atoms with Gasteiger partial charge < -0.3 is 19.9 Å². The molecule has 1 saturated heterocycles. The molecule has 1 aliphatic heterocycles. The number of hydrogen-bond donors (Lipinski definition) is 1. The molecule has 0 bridgehead atoms. The molecule has 2 aliphatic rings. The van der Waals surface area contributed by atoms with E-state index >= 15 is 0 Å². The fraction of sp³-hybridized carbons (Fsp3) is 0.414. The number of hydrogen-bond acceptors (Lipinski definition) is 6. The van der Waals surface area contributed by atoms with Gasteiger partial charge in [-0.1, -0.05) is 12.5 Å². The summed E-state index contributed by atoms with van der Waals surface area (Å²) in [6.07, 6.45) is 6.45. The number of aryl methyl sites for hydroxylation is 1. The fourth-order valence-electron chi connectivity index (χ4n) is 4.90. The zero-order valence-corrected chi connectivity index (χ0v) is 21.2. The van der Waals surface area contributed by atoms with E-state index in [0.717, 1.165) is 67.4 Å². The molecule has 1 saturated carbocycles. The largest absolute Gasteiger partial charge is 0.490 e. The van der Waals surface area contributed by atoms with Crippen LogP contribution in [-0.2, 0) is 0 Å². The summed E-state index contributed by atoms with van der Waals surface area (Å²) in [5.74, 6) is 1.49. The van der Waals surface area contributed by atoms with Gasteiger partial charge in [0.1, 0.15) is 5.75 Å². The van der Waals surface area contributed by atoms with E-state index in [4.69, 9.17) is 9.72 Å². The van der Waals surface area contributed by atoms with Crippen molar-refractivity contribution in [2.45, 2.75) is 45.1 Å². The Morgan fingerprint density at radius 1 is 0.944 bits per heavy atom. The van der Waals surface area contributed by atoms with Crippen molar-refractivity contribution in [2.75, 3.05) is 38.5 Å². The molecule has 0 radical (unpaired) electrons. The molecule has 2 fully saturated rings. The Morgan fingerprint density at radius 2 is 1.69 bits per heavy atom. The Balaban J connectivity index is 1.28. The van der Waals surface area contributed by atoms with E-state index in [2.05, 4.69) is 34.4 Å². The van der Waals surface area contributed by atoms with Crippen molar-refractivity contribution in [3.63, 3.8) is 0 Å². The normalized spacial score (nSPS) is 17.1. The van der Waals surface area contributed by atoms with E-state index in [1.54, 1.807) is 0 Å². The third-order valence-electron chi connectivity index (χ3n) is 7.02. The highest BCUT2D eigenvalue weighted by Gasteiger charge is 2.20. The first kappa shape index (κ1) is 24.3. The van der Waals surface area contributed by atoms with Crippen LogP contribution >= 0.6 is 0 Å². The number of anilines is 2. The van der Waals surface area contributed by atoms with E-state index in [9.17, 15) is 4.79 Å². The van der Waals surface area contributed by atoms with Crippen molar-refractivity contribution in [2.24, 2.45) is 0 Å². The lowest BCUT2D eigenvalue weighted by Crippen LogP contribution is -2.47. The lowest BCUT2D eigenvalue weighted by Gasteiger charge is -2.32. The van der Waals surface area contributed by atoms with E-state index in [1.165, 1.54) is 19.3 Å². The average Bonchev–Trinajstić information content (AvgIpc) is 2.90. The Morgan fingerprint density at radius 3 is 2.44 bits per heavy atom. The van der Waals surface area contributed by atoms with E-state index in [1.807, 2.05) is 54.3 Å². The second-order valence-corrected chi connectivity index (χ2v) is 9.92. The first-order chi connectivity index (χ1) is 17.5. The third-order valence-corrected chi connectivity index (χ3v) is 7.02. The minimum absolute atomic E-state index is 0.0631. The number of likely N-dealkylation sites (N-methyl/N-ethyl adjacent to an activating group) is 1. The molecule has 0 unspecified atom stereocenters. The smallest absolute Gasteiger partial charge is 0.254 e. The van der Waals surface area contributed by atoms with Crippen molar-refractivity contribution in [1.29, 1.82) is 0 Å². The highest BCUT2D eigenvalue weighted by molar-refractivity contribution is 5.95. The SMILES string of the molecule is Cc1cc(-c2ccc(OC3CCCCC3)cc2)nc(Nc2cccc(C(=O)N3CCN(C)CC3)c2)n1. The van der Waals surface area contributed by atoms with Crippen LogP contribution in [0.3, 0.4) is 0 Å². The standard InChI is InChI=1S/C29H35N5O2/c1-21-19-27(22-11-13-26(14-12-22)36-25-9-4-3-5-10-25)32-29(30-21)31-24-8-6-7-23(20-24)28(35)34-17-15-33(2)16-18-34/h6-8,11-14,19-20,25H,3-5,9-10,15-18H2,1-2H3,(H,30,31,32). The van der Waals surface area contributed by atoms with E-state index in [0.29, 0.717) is 17.6 Å². The number of carbonyl (C=O) groups excluding carboxylic acids is 1. The Kier molecular flexibility index (Phi) is 7.47. The van der Waals surface area contributed by atoms with Gasteiger partial charge in [-0.15, -0.1) is 0 Å². The van der Waals surface area contributed by atoms with Gasteiger partial charge in [-0.3, -0.25) is 4.79 Å². The van der Waals surface area contributed by atoms with Crippen LogP contribution < -0.4 is 10.1 Å². The molecule has 0 atom stereocenters. The molecule has 1 aliphatic carbocycles. The molecule has 1 amide bonds. The Bertz CT molecular complexity index is 1180. The van der Waals surface area contributed by atoms with Crippen LogP contribution in [0.25, 0.3) is 11.3 Å². The predicted molar refractivity (Wildman–Crippen MR) is 143 cm³/mol. The molecule has 3 aromatic rings. The highest BCUT2D eigenvalue weighted by atomic mass is 16.5. The van der Waals surface area contributed by atoms with Crippen LogP contribution in [0.2, 0.25) is 0 Å². The average molecular weight is 486 g/mol. The number of ether oxygens (including phenoxy) is 1. The molecule has 5 rings (SSSR count). The maximum atomic E-state index is 13.0. The molecule has 7 nitrogen and oxygen atoms in total. The molecule has 188 valence electrons. The van der Waals surface area contributed by atoms with Gasteiger partial charge in [0.15, 0.2) is 0 Å². The number of nitrogens with zero attached hydrogens (tertiary/aromatic N) is 4. The molecular weight excluding hydrogens is 450 g/mol. The summed E-state index contributed by atoms with van der Waals surface area (Å²) in [6.45, 7) is 5.27. The van der Waals surface area contributed by atoms with Gasteiger partial charge in [0.25, 0.3) is 5.91 Å². The number of piperazine rings is 1. The summed E-state index contributed by atoms with van der Waals surface area (Å²) in [6, 6.07) is 17.7. The molecule has 1 aromatic heterocycles. The molecule has 7 heteroatoms. The topological polar surface area (TPSA) is 70.6 Å². The summed E-state index contributed by atoms with van der Waals surface area (Å²) in [5.41, 5.74) is 4.20. The van der Waals surface area contributed by atoms with Crippen LogP contribution in [-0.4, -0.2) is 65.0 Å². The van der Waals surface area contributed by atoms with Gasteiger partial charge in [0.05, 0.1) is 11.8 Å². The summed E-state index contributed by atoms with van der Waals surface area (Å²) < 4.78 is 6.17. The van der Waals surface area contributed by atoms with Crippen molar-refractivity contribution < 1.29 is 9.53 Å². The zero-order chi connectivity index (χ0) is 24.9. The zero-order valence-electron chi connectivity index (χ0n) is 21.2.